The van der Waals surface area contributed by atoms with E-state index in [0.717, 1.165) is 31.5 Å². The maximum absolute atomic E-state index is 12.6. The molecule has 1 unspecified atom stereocenters. The van der Waals surface area contributed by atoms with Gasteiger partial charge in [-0.25, -0.2) is 4.98 Å². The molecule has 0 spiro atoms. The molecular formula is C20H22N4O3S3. The van der Waals surface area contributed by atoms with Gasteiger partial charge in [0.2, 0.25) is 5.91 Å². The summed E-state index contributed by atoms with van der Waals surface area (Å²) in [7, 11) is 1.60. The number of thioether (sulfide) groups is 1. The smallest absolute Gasteiger partial charge is 0.271 e. The summed E-state index contributed by atoms with van der Waals surface area (Å²) in [4.78, 5) is 34.6. The van der Waals surface area contributed by atoms with E-state index in [1.807, 2.05) is 29.2 Å². The van der Waals surface area contributed by atoms with E-state index in [9.17, 15) is 9.59 Å². The van der Waals surface area contributed by atoms with Crippen LogP contribution in [0.15, 0.2) is 34.2 Å². The van der Waals surface area contributed by atoms with Crippen LogP contribution in [0.25, 0.3) is 16.0 Å². The quantitative estimate of drug-likeness (QED) is 0.351. The summed E-state index contributed by atoms with van der Waals surface area (Å²) in [6, 6.07) is 7.70. The summed E-state index contributed by atoms with van der Waals surface area (Å²) < 4.78 is 8.06. The summed E-state index contributed by atoms with van der Waals surface area (Å²) in [5, 5.41) is 0.412. The van der Waals surface area contributed by atoms with Crippen molar-refractivity contribution in [3.63, 3.8) is 0 Å². The highest BCUT2D eigenvalue weighted by atomic mass is 32.2. The van der Waals surface area contributed by atoms with Gasteiger partial charge in [-0.05, 0) is 50.5 Å². The summed E-state index contributed by atoms with van der Waals surface area (Å²) >= 11 is 7.97. The van der Waals surface area contributed by atoms with Gasteiger partial charge in [-0.1, -0.05) is 29.2 Å². The zero-order chi connectivity index (χ0) is 21.3. The Morgan fingerprint density at radius 2 is 2.27 bits per heavy atom. The molecule has 1 fully saturated rings. The first-order valence-electron chi connectivity index (χ1n) is 9.70. The van der Waals surface area contributed by atoms with Gasteiger partial charge in [-0.3, -0.25) is 14.2 Å². The Morgan fingerprint density at radius 3 is 3.03 bits per heavy atom. The van der Waals surface area contributed by atoms with E-state index in [1.165, 1.54) is 23.1 Å². The number of hydrogen-bond acceptors (Lipinski definition) is 7. The lowest BCUT2D eigenvalue weighted by Crippen LogP contribution is -2.43. The lowest BCUT2D eigenvalue weighted by atomic mass is 10.0. The second kappa shape index (κ2) is 8.91. The Balaban J connectivity index is 1.65. The minimum Gasteiger partial charge on any atom is -0.497 e. The highest BCUT2D eigenvalue weighted by Crippen LogP contribution is 2.27. The van der Waals surface area contributed by atoms with Gasteiger partial charge in [0, 0.05) is 18.7 Å². The molecule has 0 aliphatic carbocycles. The Labute approximate surface area is 187 Å². The normalized spacial score (nSPS) is 16.7. The van der Waals surface area contributed by atoms with E-state index in [0.29, 0.717) is 25.2 Å². The van der Waals surface area contributed by atoms with Gasteiger partial charge >= 0.3 is 0 Å². The van der Waals surface area contributed by atoms with Crippen molar-refractivity contribution in [2.75, 3.05) is 19.4 Å². The van der Waals surface area contributed by atoms with Crippen molar-refractivity contribution >= 4 is 51.6 Å². The number of hydrogen-bond donors (Lipinski definition) is 1. The average Bonchev–Trinajstić information content (AvgIpc) is 3.09. The first kappa shape index (κ1) is 21.1. The fourth-order valence-corrected chi connectivity index (χ4v) is 5.63. The molecule has 1 atom stereocenters. The van der Waals surface area contributed by atoms with E-state index in [4.69, 9.17) is 17.0 Å². The number of fused-ring (bicyclic) bond motifs is 1. The highest BCUT2D eigenvalue weighted by molar-refractivity contribution is 7.99. The lowest BCUT2D eigenvalue weighted by Gasteiger charge is -2.33. The second-order valence-electron chi connectivity index (χ2n) is 7.15. The predicted octanol–water partition coefficient (Wildman–Crippen LogP) is 4.01. The van der Waals surface area contributed by atoms with Crippen molar-refractivity contribution in [3.05, 3.63) is 38.6 Å². The average molecular weight is 463 g/mol. The molecule has 3 heterocycles. The molecule has 1 aliphatic rings. The summed E-state index contributed by atoms with van der Waals surface area (Å²) in [5.74, 6) is 1.00. The molecule has 1 saturated heterocycles. The molecule has 30 heavy (non-hydrogen) atoms. The van der Waals surface area contributed by atoms with Gasteiger partial charge in [0.15, 0.2) is 14.8 Å². The molecule has 0 radical (unpaired) electrons. The van der Waals surface area contributed by atoms with E-state index in [1.54, 1.807) is 11.7 Å². The van der Waals surface area contributed by atoms with Crippen LogP contribution in [0.3, 0.4) is 0 Å². The van der Waals surface area contributed by atoms with Gasteiger partial charge < -0.3 is 14.6 Å². The fraction of sp³-hybridized carbons (Fsp3) is 0.400. The first-order valence-corrected chi connectivity index (χ1v) is 11.9. The Bertz CT molecular complexity index is 1200. The van der Waals surface area contributed by atoms with Crippen LogP contribution in [0.4, 0.5) is 0 Å². The number of nitrogens with zero attached hydrogens (tertiary/aromatic N) is 3. The minimum atomic E-state index is -0.251. The van der Waals surface area contributed by atoms with E-state index >= 15 is 0 Å². The van der Waals surface area contributed by atoms with Gasteiger partial charge in [0.05, 0.1) is 18.6 Å². The molecule has 2 aromatic heterocycles. The number of likely N-dealkylation sites (tertiary alicyclic amines) is 1. The molecule has 1 N–H and O–H groups in total. The number of nitrogens with one attached hydrogen (secondary N) is 1. The summed E-state index contributed by atoms with van der Waals surface area (Å²) in [6.07, 6.45) is 3.24. The zero-order valence-corrected chi connectivity index (χ0v) is 19.2. The topological polar surface area (TPSA) is 80.2 Å². The fourth-order valence-electron chi connectivity index (χ4n) is 3.62. The number of methoxy groups -OCH3 is 1. The molecule has 0 saturated carbocycles. The van der Waals surface area contributed by atoms with Crippen LogP contribution in [0.1, 0.15) is 26.2 Å². The van der Waals surface area contributed by atoms with Crippen LogP contribution in [-0.2, 0) is 4.79 Å². The van der Waals surface area contributed by atoms with E-state index in [2.05, 4.69) is 16.9 Å². The summed E-state index contributed by atoms with van der Waals surface area (Å²) in [5.41, 5.74) is 1.01. The molecule has 158 valence electrons. The molecular weight excluding hydrogens is 440 g/mol. The van der Waals surface area contributed by atoms with E-state index < -0.39 is 0 Å². The van der Waals surface area contributed by atoms with Crippen LogP contribution in [0.2, 0.25) is 0 Å². The molecule has 7 nitrogen and oxygen atoms in total. The number of piperidine rings is 1. The van der Waals surface area contributed by atoms with Crippen molar-refractivity contribution < 1.29 is 9.53 Å². The van der Waals surface area contributed by atoms with Crippen LogP contribution >= 0.6 is 35.3 Å². The largest absolute Gasteiger partial charge is 0.497 e. The number of amides is 1. The highest BCUT2D eigenvalue weighted by Gasteiger charge is 2.23. The van der Waals surface area contributed by atoms with Gasteiger partial charge in [0.1, 0.15) is 10.4 Å². The maximum atomic E-state index is 12.6. The van der Waals surface area contributed by atoms with Crippen molar-refractivity contribution in [1.82, 2.24) is 19.4 Å². The van der Waals surface area contributed by atoms with Crippen molar-refractivity contribution in [1.29, 1.82) is 0 Å². The molecule has 0 bridgehead atoms. The van der Waals surface area contributed by atoms with Crippen LogP contribution in [0.5, 0.6) is 5.75 Å². The third kappa shape index (κ3) is 4.17. The van der Waals surface area contributed by atoms with Crippen molar-refractivity contribution in [2.45, 2.75) is 37.4 Å². The van der Waals surface area contributed by atoms with Gasteiger partial charge in [-0.15, -0.1) is 0 Å². The second-order valence-corrected chi connectivity index (χ2v) is 9.76. The van der Waals surface area contributed by atoms with Crippen LogP contribution < -0.4 is 10.3 Å². The monoisotopic (exact) mass is 462 g/mol. The van der Waals surface area contributed by atoms with Gasteiger partial charge in [0.25, 0.3) is 5.56 Å². The first-order chi connectivity index (χ1) is 14.5. The molecule has 1 aliphatic heterocycles. The van der Waals surface area contributed by atoms with E-state index in [-0.39, 0.29) is 23.3 Å². The molecule has 1 aromatic carbocycles. The number of carbonyl (C=O) groups is 1. The van der Waals surface area contributed by atoms with Crippen LogP contribution in [-0.4, -0.2) is 50.8 Å². The predicted molar refractivity (Wildman–Crippen MR) is 123 cm³/mol. The Morgan fingerprint density at radius 1 is 1.43 bits per heavy atom. The Kier molecular flexibility index (Phi) is 6.26. The number of benzene rings is 1. The van der Waals surface area contributed by atoms with Gasteiger partial charge in [-0.2, -0.15) is 0 Å². The lowest BCUT2D eigenvalue weighted by molar-refractivity contribution is -0.131. The standard InChI is InChI=1S/C20H22N4O3S3/c1-12-6-3-4-9-23(12)15(25)11-29-19-21-17-16(18(26)22-19)30-20(28)24(17)13-7-5-8-14(10-13)27-2/h5,7-8,10,12H,3-4,6,9,11H2,1-2H3,(H,21,22,26). The zero-order valence-electron chi connectivity index (χ0n) is 16.7. The number of thiazole rings is 1. The molecule has 1 amide bonds. The maximum Gasteiger partial charge on any atom is 0.271 e. The van der Waals surface area contributed by atoms with Crippen molar-refractivity contribution in [2.24, 2.45) is 0 Å². The minimum absolute atomic E-state index is 0.0740. The number of aromatic nitrogens is 3. The number of H-pyrrole nitrogens is 1. The number of aromatic amines is 1. The third-order valence-corrected chi connectivity index (χ3v) is 7.41. The number of rotatable bonds is 5. The number of ether oxygens (including phenoxy) is 1. The molecule has 3 aromatic rings. The summed E-state index contributed by atoms with van der Waals surface area (Å²) in [6.45, 7) is 2.88. The molecule has 4 rings (SSSR count). The number of carbonyl (C=O) groups excluding carboxylic acids is 1. The SMILES string of the molecule is COc1cccc(-n2c(=S)sc3c(=O)[nH]c(SCC(=O)N4CCCCC4C)nc32)c1. The third-order valence-electron chi connectivity index (χ3n) is 5.19. The van der Waals surface area contributed by atoms with Crippen molar-refractivity contribution in [3.8, 4) is 11.4 Å². The Hall–Kier alpha value is -2.17. The van der Waals surface area contributed by atoms with Crippen LogP contribution in [0, 0.1) is 3.95 Å². The molecule has 10 heteroatoms.